The summed E-state index contributed by atoms with van der Waals surface area (Å²) in [5, 5.41) is 0.591. The first-order chi connectivity index (χ1) is 8.95. The first-order valence-corrected chi connectivity index (χ1v) is 6.25. The highest BCUT2D eigenvalue weighted by Gasteiger charge is 2.26. The number of nitrogens with two attached hydrogens (primary N) is 1. The highest BCUT2D eigenvalue weighted by atomic mass is 35.5. The lowest BCUT2D eigenvalue weighted by Gasteiger charge is -2.20. The molecule has 2 N–H and O–H groups in total. The van der Waals surface area contributed by atoms with Crippen molar-refractivity contribution in [2.45, 2.75) is 19.5 Å². The molecule has 1 aromatic rings. The maximum absolute atomic E-state index is 11.9. The minimum absolute atomic E-state index is 0.192. The predicted octanol–water partition coefficient (Wildman–Crippen LogP) is 1.19. The molecule has 0 aliphatic heterocycles. The van der Waals surface area contributed by atoms with Crippen LogP contribution in [0.5, 0.6) is 0 Å². The summed E-state index contributed by atoms with van der Waals surface area (Å²) in [6.07, 6.45) is 0. The zero-order valence-electron chi connectivity index (χ0n) is 10.9. The summed E-state index contributed by atoms with van der Waals surface area (Å²) >= 11 is 5.86. The molecule has 1 rings (SSSR count). The van der Waals surface area contributed by atoms with Crippen LogP contribution in [0.2, 0.25) is 5.02 Å². The van der Waals surface area contributed by atoms with Crippen LogP contribution in [0, 0.1) is 0 Å². The van der Waals surface area contributed by atoms with Crippen molar-refractivity contribution in [3.05, 3.63) is 34.9 Å². The average Bonchev–Trinajstić information content (AvgIpc) is 2.37. The molecule has 0 saturated carbocycles. The fraction of sp³-hybridized carbons (Fsp3) is 0.385. The summed E-state index contributed by atoms with van der Waals surface area (Å²) in [5.74, 6) is -1.20. The Morgan fingerprint density at radius 3 is 2.74 bits per heavy atom. The van der Waals surface area contributed by atoms with E-state index < -0.39 is 17.9 Å². The van der Waals surface area contributed by atoms with Gasteiger partial charge in [0.2, 0.25) is 0 Å². The molecule has 104 valence electrons. The number of halogens is 1. The summed E-state index contributed by atoms with van der Waals surface area (Å²) in [6.45, 7) is 2.18. The van der Waals surface area contributed by atoms with Crippen LogP contribution in [0.1, 0.15) is 12.5 Å². The highest BCUT2D eigenvalue weighted by Crippen LogP contribution is 2.12. The summed E-state index contributed by atoms with van der Waals surface area (Å²) < 4.78 is 4.71. The number of esters is 1. The van der Waals surface area contributed by atoms with Crippen molar-refractivity contribution in [3.8, 4) is 0 Å². The van der Waals surface area contributed by atoms with Gasteiger partial charge in [0.1, 0.15) is 0 Å². The standard InChI is InChI=1S/C13H17ClN2O3/c1-3-19-13(18)11(15)12(17)16(2)8-9-5-4-6-10(14)7-9/h4-7,11H,3,8,15H2,1-2H3. The molecule has 0 saturated heterocycles. The average molecular weight is 285 g/mol. The molecule has 6 heteroatoms. The van der Waals surface area contributed by atoms with E-state index in [1.165, 1.54) is 4.90 Å². The molecule has 0 radical (unpaired) electrons. The Hall–Kier alpha value is -1.59. The van der Waals surface area contributed by atoms with Gasteiger partial charge in [0, 0.05) is 18.6 Å². The molecule has 0 heterocycles. The summed E-state index contributed by atoms with van der Waals surface area (Å²) in [7, 11) is 1.57. The topological polar surface area (TPSA) is 72.6 Å². The zero-order chi connectivity index (χ0) is 14.4. The van der Waals surface area contributed by atoms with Crippen LogP contribution in [-0.2, 0) is 20.9 Å². The molecule has 1 atom stereocenters. The third-order valence-electron chi connectivity index (χ3n) is 2.49. The summed E-state index contributed by atoms with van der Waals surface area (Å²) in [4.78, 5) is 24.7. The smallest absolute Gasteiger partial charge is 0.332 e. The summed E-state index contributed by atoms with van der Waals surface area (Å²) in [6, 6.07) is 5.84. The Bertz CT molecular complexity index is 465. The summed E-state index contributed by atoms with van der Waals surface area (Å²) in [5.41, 5.74) is 6.40. The van der Waals surface area contributed by atoms with Gasteiger partial charge in [-0.25, -0.2) is 4.79 Å². The number of amides is 1. The van der Waals surface area contributed by atoms with Crippen molar-refractivity contribution in [1.29, 1.82) is 0 Å². The number of likely N-dealkylation sites (N-methyl/N-ethyl adjacent to an activating group) is 1. The molecular formula is C13H17ClN2O3. The van der Waals surface area contributed by atoms with E-state index in [1.54, 1.807) is 32.2 Å². The minimum atomic E-state index is -1.29. The Morgan fingerprint density at radius 2 is 2.16 bits per heavy atom. The molecule has 1 unspecified atom stereocenters. The van der Waals surface area contributed by atoms with E-state index in [0.717, 1.165) is 5.56 Å². The van der Waals surface area contributed by atoms with Gasteiger partial charge in [-0.1, -0.05) is 23.7 Å². The number of hydrogen-bond donors (Lipinski definition) is 1. The van der Waals surface area contributed by atoms with Gasteiger partial charge in [-0.3, -0.25) is 4.79 Å². The fourth-order valence-electron chi connectivity index (χ4n) is 1.56. The molecule has 1 aromatic carbocycles. The number of rotatable bonds is 5. The van der Waals surface area contributed by atoms with Crippen molar-refractivity contribution in [2.24, 2.45) is 5.73 Å². The van der Waals surface area contributed by atoms with Crippen LogP contribution in [-0.4, -0.2) is 36.5 Å². The van der Waals surface area contributed by atoms with Gasteiger partial charge in [0.05, 0.1) is 6.61 Å². The predicted molar refractivity (Wildman–Crippen MR) is 72.5 cm³/mol. The monoisotopic (exact) mass is 284 g/mol. The number of nitrogens with zero attached hydrogens (tertiary/aromatic N) is 1. The molecule has 1 amide bonds. The van der Waals surface area contributed by atoms with Gasteiger partial charge in [0.15, 0.2) is 6.04 Å². The maximum atomic E-state index is 11.9. The SMILES string of the molecule is CCOC(=O)C(N)C(=O)N(C)Cc1cccc(Cl)c1. The van der Waals surface area contributed by atoms with Gasteiger partial charge < -0.3 is 15.4 Å². The van der Waals surface area contributed by atoms with Crippen LogP contribution in [0.25, 0.3) is 0 Å². The van der Waals surface area contributed by atoms with E-state index >= 15 is 0 Å². The van der Waals surface area contributed by atoms with E-state index in [1.807, 2.05) is 6.07 Å². The maximum Gasteiger partial charge on any atom is 0.332 e. The lowest BCUT2D eigenvalue weighted by molar-refractivity contribution is -0.150. The van der Waals surface area contributed by atoms with Crippen LogP contribution in [0.15, 0.2) is 24.3 Å². The molecule has 19 heavy (non-hydrogen) atoms. The Kier molecular flexibility index (Phi) is 5.79. The molecule has 0 spiro atoms. The molecule has 0 aliphatic rings. The largest absolute Gasteiger partial charge is 0.464 e. The van der Waals surface area contributed by atoms with E-state index in [-0.39, 0.29) is 6.61 Å². The first-order valence-electron chi connectivity index (χ1n) is 5.87. The van der Waals surface area contributed by atoms with E-state index in [4.69, 9.17) is 22.1 Å². The normalized spacial score (nSPS) is 11.8. The number of ether oxygens (including phenoxy) is 1. The molecule has 5 nitrogen and oxygen atoms in total. The van der Waals surface area contributed by atoms with Gasteiger partial charge in [-0.2, -0.15) is 0 Å². The number of carbonyl (C=O) groups is 2. The first kappa shape index (κ1) is 15.5. The number of benzene rings is 1. The molecule has 0 aromatic heterocycles. The van der Waals surface area contributed by atoms with Crippen LogP contribution in [0.4, 0.5) is 0 Å². The van der Waals surface area contributed by atoms with E-state index in [9.17, 15) is 9.59 Å². The fourth-order valence-corrected chi connectivity index (χ4v) is 1.77. The van der Waals surface area contributed by atoms with Crippen LogP contribution in [0.3, 0.4) is 0 Å². The second-order valence-electron chi connectivity index (χ2n) is 4.05. The second kappa shape index (κ2) is 7.11. The van der Waals surface area contributed by atoms with E-state index in [2.05, 4.69) is 0 Å². The van der Waals surface area contributed by atoms with Crippen LogP contribution < -0.4 is 5.73 Å². The Labute approximate surface area is 117 Å². The highest BCUT2D eigenvalue weighted by molar-refractivity contribution is 6.30. The van der Waals surface area contributed by atoms with Crippen molar-refractivity contribution < 1.29 is 14.3 Å². The Morgan fingerprint density at radius 1 is 1.47 bits per heavy atom. The van der Waals surface area contributed by atoms with E-state index in [0.29, 0.717) is 11.6 Å². The molecular weight excluding hydrogens is 268 g/mol. The third kappa shape index (κ3) is 4.54. The lowest BCUT2D eigenvalue weighted by Crippen LogP contribution is -2.47. The van der Waals surface area contributed by atoms with Crippen molar-refractivity contribution in [1.82, 2.24) is 4.90 Å². The Balaban J connectivity index is 2.64. The molecule has 0 aliphatic carbocycles. The third-order valence-corrected chi connectivity index (χ3v) is 2.73. The van der Waals surface area contributed by atoms with Crippen molar-refractivity contribution in [2.75, 3.05) is 13.7 Å². The van der Waals surface area contributed by atoms with Gasteiger partial charge in [0.25, 0.3) is 5.91 Å². The van der Waals surface area contributed by atoms with Gasteiger partial charge in [-0.05, 0) is 24.6 Å². The molecule has 0 fully saturated rings. The quantitative estimate of drug-likeness (QED) is 0.651. The van der Waals surface area contributed by atoms with Crippen molar-refractivity contribution >= 4 is 23.5 Å². The second-order valence-corrected chi connectivity index (χ2v) is 4.49. The minimum Gasteiger partial charge on any atom is -0.464 e. The van der Waals surface area contributed by atoms with Crippen molar-refractivity contribution in [3.63, 3.8) is 0 Å². The van der Waals surface area contributed by atoms with Gasteiger partial charge in [-0.15, -0.1) is 0 Å². The number of hydrogen-bond acceptors (Lipinski definition) is 4. The van der Waals surface area contributed by atoms with Gasteiger partial charge >= 0.3 is 5.97 Å². The number of carbonyl (C=O) groups excluding carboxylic acids is 2. The molecule has 0 bridgehead atoms. The van der Waals surface area contributed by atoms with Crippen LogP contribution >= 0.6 is 11.6 Å². The zero-order valence-corrected chi connectivity index (χ0v) is 11.7. The lowest BCUT2D eigenvalue weighted by atomic mass is 10.2.